The summed E-state index contributed by atoms with van der Waals surface area (Å²) in [6.45, 7) is 2.08. The SMILES string of the molecule is CN(C)C(=O)c1ccc(NC2CN(C3CC4(C3)CN(C(=O)C(O)(c3ccccc3)C(F)(F)F)C4)C2)cc1Cl. The van der Waals surface area contributed by atoms with Gasteiger partial charge in [-0.3, -0.25) is 14.5 Å². The third-order valence-electron chi connectivity index (χ3n) is 7.99. The summed E-state index contributed by atoms with van der Waals surface area (Å²) in [5.41, 5.74) is -2.91. The van der Waals surface area contributed by atoms with Gasteiger partial charge in [0.05, 0.1) is 16.6 Å². The molecule has 3 fully saturated rings. The zero-order valence-corrected chi connectivity index (χ0v) is 21.9. The molecule has 2 aromatic carbocycles. The second-order valence-electron chi connectivity index (χ2n) is 11.0. The van der Waals surface area contributed by atoms with Crippen LogP contribution in [0.15, 0.2) is 48.5 Å². The lowest BCUT2D eigenvalue weighted by molar-refractivity contribution is -0.267. The van der Waals surface area contributed by atoms with Gasteiger partial charge in [0.2, 0.25) is 0 Å². The fraction of sp³-hybridized carbons (Fsp3) is 0.481. The van der Waals surface area contributed by atoms with E-state index >= 15 is 0 Å². The van der Waals surface area contributed by atoms with Gasteiger partial charge < -0.3 is 20.2 Å². The molecule has 2 N–H and O–H groups in total. The van der Waals surface area contributed by atoms with Gasteiger partial charge in [-0.05, 0) is 31.0 Å². The van der Waals surface area contributed by atoms with Crippen LogP contribution in [0.4, 0.5) is 18.9 Å². The van der Waals surface area contributed by atoms with Gasteiger partial charge in [0.25, 0.3) is 17.4 Å². The number of hydrogen-bond donors (Lipinski definition) is 2. The number of carbonyl (C=O) groups excluding carboxylic acids is 2. The molecule has 1 unspecified atom stereocenters. The number of aliphatic hydroxyl groups is 1. The number of halogens is 4. The smallest absolute Gasteiger partial charge is 0.380 e. The Hall–Kier alpha value is -2.82. The topological polar surface area (TPSA) is 76.1 Å². The minimum atomic E-state index is -5.12. The predicted molar refractivity (Wildman–Crippen MR) is 137 cm³/mol. The van der Waals surface area contributed by atoms with Crippen LogP contribution in [0.5, 0.6) is 0 Å². The number of rotatable bonds is 6. The molecular formula is C27H30ClF3N4O3. The summed E-state index contributed by atoms with van der Waals surface area (Å²) in [5.74, 6) is -1.47. The van der Waals surface area contributed by atoms with E-state index in [1.54, 1.807) is 26.2 Å². The highest BCUT2D eigenvalue weighted by molar-refractivity contribution is 6.34. The van der Waals surface area contributed by atoms with Crippen LogP contribution in [0.3, 0.4) is 0 Å². The summed E-state index contributed by atoms with van der Waals surface area (Å²) in [5, 5.41) is 14.4. The van der Waals surface area contributed by atoms with E-state index in [9.17, 15) is 27.9 Å². The Morgan fingerprint density at radius 1 is 1.08 bits per heavy atom. The van der Waals surface area contributed by atoms with Gasteiger partial charge in [-0.2, -0.15) is 13.2 Å². The van der Waals surface area contributed by atoms with E-state index in [4.69, 9.17) is 11.6 Å². The maximum absolute atomic E-state index is 13.8. The van der Waals surface area contributed by atoms with Crippen molar-refractivity contribution in [3.63, 3.8) is 0 Å². The van der Waals surface area contributed by atoms with Crippen LogP contribution in [0.25, 0.3) is 0 Å². The number of amides is 2. The van der Waals surface area contributed by atoms with Gasteiger partial charge in [-0.15, -0.1) is 0 Å². The van der Waals surface area contributed by atoms with Crippen molar-refractivity contribution in [3.8, 4) is 0 Å². The second-order valence-corrected chi connectivity index (χ2v) is 11.4. The van der Waals surface area contributed by atoms with Crippen LogP contribution in [-0.2, 0) is 10.4 Å². The minimum Gasteiger partial charge on any atom is -0.380 e. The van der Waals surface area contributed by atoms with Crippen molar-refractivity contribution < 1.29 is 27.9 Å². The van der Waals surface area contributed by atoms with Crippen LogP contribution in [0, 0.1) is 5.41 Å². The highest BCUT2D eigenvalue weighted by Gasteiger charge is 2.65. The Kier molecular flexibility index (Phi) is 6.64. The fourth-order valence-electron chi connectivity index (χ4n) is 5.84. The van der Waals surface area contributed by atoms with Gasteiger partial charge in [-0.25, -0.2) is 0 Å². The first-order valence-electron chi connectivity index (χ1n) is 12.5. The Morgan fingerprint density at radius 2 is 1.71 bits per heavy atom. The first-order valence-corrected chi connectivity index (χ1v) is 12.9. The number of benzene rings is 2. The molecule has 2 heterocycles. The lowest BCUT2D eigenvalue weighted by Gasteiger charge is -2.63. The molecule has 2 aromatic rings. The number of hydrogen-bond acceptors (Lipinski definition) is 5. The first kappa shape index (κ1) is 26.8. The molecule has 1 spiro atoms. The monoisotopic (exact) mass is 550 g/mol. The molecule has 0 radical (unpaired) electrons. The van der Waals surface area contributed by atoms with Crippen LogP contribution >= 0.6 is 11.6 Å². The molecule has 0 bridgehead atoms. The Labute approximate surface area is 224 Å². The summed E-state index contributed by atoms with van der Waals surface area (Å²) in [4.78, 5) is 29.9. The number of alkyl halides is 3. The Bertz CT molecular complexity index is 1220. The van der Waals surface area contributed by atoms with Crippen molar-refractivity contribution in [1.82, 2.24) is 14.7 Å². The Balaban J connectivity index is 1.10. The van der Waals surface area contributed by atoms with Crippen LogP contribution in [-0.4, -0.2) is 90.2 Å². The summed E-state index contributed by atoms with van der Waals surface area (Å²) in [7, 11) is 3.34. The molecule has 1 saturated carbocycles. The zero-order valence-electron chi connectivity index (χ0n) is 21.1. The minimum absolute atomic E-state index is 0.158. The predicted octanol–water partition coefficient (Wildman–Crippen LogP) is 3.58. The third kappa shape index (κ3) is 4.52. The molecule has 204 valence electrons. The third-order valence-corrected chi connectivity index (χ3v) is 8.30. The number of nitrogens with zero attached hydrogens (tertiary/aromatic N) is 3. The summed E-state index contributed by atoms with van der Waals surface area (Å²) >= 11 is 6.30. The normalized spacial score (nSPS) is 21.2. The molecule has 2 saturated heterocycles. The standard InChI is InChI=1S/C27H30ClF3N4O3/c1-33(2)23(36)21-9-8-18(10-22(21)28)32-19-13-34(14-19)20-11-25(12-20)15-35(16-25)24(37)26(38,27(29,30)31)17-6-4-3-5-7-17/h3-10,19-20,32,38H,11-16H2,1-2H3. The zero-order chi connectivity index (χ0) is 27.5. The van der Waals surface area contributed by atoms with Gasteiger partial charge in [0.1, 0.15) is 0 Å². The average Bonchev–Trinajstić information content (AvgIpc) is 2.79. The molecule has 5 rings (SSSR count). The molecule has 2 aliphatic heterocycles. The maximum atomic E-state index is 13.8. The molecule has 0 aromatic heterocycles. The largest absolute Gasteiger partial charge is 0.430 e. The molecule has 1 aliphatic carbocycles. The van der Waals surface area contributed by atoms with Crippen molar-refractivity contribution >= 4 is 29.1 Å². The lowest BCUT2D eigenvalue weighted by atomic mass is 9.59. The molecule has 11 heteroatoms. The molecule has 1 atom stereocenters. The van der Waals surface area contributed by atoms with Crippen molar-refractivity contribution in [3.05, 3.63) is 64.7 Å². The van der Waals surface area contributed by atoms with Gasteiger partial charge in [-0.1, -0.05) is 41.9 Å². The van der Waals surface area contributed by atoms with Crippen molar-refractivity contribution in [2.75, 3.05) is 45.6 Å². The Morgan fingerprint density at radius 3 is 2.26 bits per heavy atom. The highest BCUT2D eigenvalue weighted by Crippen LogP contribution is 2.53. The molecule has 7 nitrogen and oxygen atoms in total. The summed E-state index contributed by atoms with van der Waals surface area (Å²) < 4.78 is 41.5. The number of likely N-dealkylation sites (tertiary alicyclic amines) is 2. The number of anilines is 1. The second kappa shape index (κ2) is 9.43. The average molecular weight is 551 g/mol. The van der Waals surface area contributed by atoms with Gasteiger partial charge in [0.15, 0.2) is 0 Å². The quantitative estimate of drug-likeness (QED) is 0.575. The first-order chi connectivity index (χ1) is 17.8. The van der Waals surface area contributed by atoms with E-state index < -0.39 is 23.2 Å². The summed E-state index contributed by atoms with van der Waals surface area (Å²) in [6, 6.07) is 12.4. The lowest BCUT2D eigenvalue weighted by Crippen LogP contribution is -2.73. The molecule has 38 heavy (non-hydrogen) atoms. The maximum Gasteiger partial charge on any atom is 0.430 e. The van der Waals surface area contributed by atoms with Crippen LogP contribution in [0.2, 0.25) is 5.02 Å². The van der Waals surface area contributed by atoms with Crippen LogP contribution in [0.1, 0.15) is 28.8 Å². The van der Waals surface area contributed by atoms with E-state index in [0.29, 0.717) is 16.6 Å². The number of carbonyl (C=O) groups is 2. The van der Waals surface area contributed by atoms with E-state index in [0.717, 1.165) is 48.7 Å². The van der Waals surface area contributed by atoms with E-state index in [1.165, 1.54) is 23.1 Å². The van der Waals surface area contributed by atoms with Gasteiger partial charge in [0, 0.05) is 63.0 Å². The molecule has 3 aliphatic rings. The summed E-state index contributed by atoms with van der Waals surface area (Å²) in [6.07, 6.45) is -3.50. The highest BCUT2D eigenvalue weighted by atomic mass is 35.5. The van der Waals surface area contributed by atoms with Gasteiger partial charge >= 0.3 is 6.18 Å². The molecule has 2 amide bonds. The van der Waals surface area contributed by atoms with Crippen molar-refractivity contribution in [1.29, 1.82) is 0 Å². The van der Waals surface area contributed by atoms with E-state index in [1.807, 2.05) is 6.07 Å². The van der Waals surface area contributed by atoms with E-state index in [2.05, 4.69) is 10.2 Å². The van der Waals surface area contributed by atoms with Crippen molar-refractivity contribution in [2.24, 2.45) is 5.41 Å². The molecular weight excluding hydrogens is 521 g/mol. The van der Waals surface area contributed by atoms with Crippen molar-refractivity contribution in [2.45, 2.75) is 36.7 Å². The number of nitrogens with one attached hydrogen (secondary N) is 1. The fourth-order valence-corrected chi connectivity index (χ4v) is 6.10. The van der Waals surface area contributed by atoms with E-state index in [-0.39, 0.29) is 30.5 Å². The van der Waals surface area contributed by atoms with Crippen LogP contribution < -0.4 is 5.32 Å².